The van der Waals surface area contributed by atoms with Crippen molar-refractivity contribution in [3.05, 3.63) is 23.9 Å². The minimum absolute atomic E-state index is 0.312. The van der Waals surface area contributed by atoms with Gasteiger partial charge in [-0.1, -0.05) is 6.07 Å². The quantitative estimate of drug-likeness (QED) is 0.843. The highest BCUT2D eigenvalue weighted by atomic mass is 16.7. The topological polar surface area (TPSA) is 43.4 Å². The molecule has 0 aromatic carbocycles. The Morgan fingerprint density at radius 1 is 1.10 bits per heavy atom. The minimum atomic E-state index is -0.364. The van der Waals surface area contributed by atoms with Crippen LogP contribution in [0.2, 0.25) is 0 Å². The lowest BCUT2D eigenvalue weighted by Gasteiger charge is -2.32. The molecule has 2 aliphatic heterocycles. The Kier molecular flexibility index (Phi) is 3.84. The van der Waals surface area contributed by atoms with E-state index in [0.717, 1.165) is 18.7 Å². The Morgan fingerprint density at radius 3 is 2.24 bits per heavy atom. The summed E-state index contributed by atoms with van der Waals surface area (Å²) in [7, 11) is -0.364. The lowest BCUT2D eigenvalue weighted by molar-refractivity contribution is 0.00578. The first kappa shape index (κ1) is 15.0. The fraction of sp³-hybridized carbons (Fsp3) is 0.688. The van der Waals surface area contributed by atoms with Gasteiger partial charge in [-0.3, -0.25) is 4.98 Å². The van der Waals surface area contributed by atoms with Crippen molar-refractivity contribution in [3.63, 3.8) is 0 Å². The van der Waals surface area contributed by atoms with E-state index < -0.39 is 0 Å². The second-order valence-corrected chi connectivity index (χ2v) is 7.13. The Morgan fingerprint density at radius 2 is 1.71 bits per heavy atom. The van der Waals surface area contributed by atoms with Crippen molar-refractivity contribution in [2.45, 2.75) is 57.7 Å². The highest BCUT2D eigenvalue weighted by molar-refractivity contribution is 6.61. The SMILES string of the molecule is CC1(C)OB(c2ccc(C3CCNCC3)cn2)OC1(C)C. The zero-order valence-electron chi connectivity index (χ0n) is 13.5. The van der Waals surface area contributed by atoms with Gasteiger partial charge in [-0.15, -0.1) is 0 Å². The molecular formula is C16H25BN2O2. The molecule has 1 aromatic heterocycles. The number of rotatable bonds is 2. The van der Waals surface area contributed by atoms with Gasteiger partial charge in [0.2, 0.25) is 0 Å². The highest BCUT2D eigenvalue weighted by Crippen LogP contribution is 2.36. The molecule has 2 saturated heterocycles. The first-order valence-electron chi connectivity index (χ1n) is 7.91. The van der Waals surface area contributed by atoms with Crippen LogP contribution < -0.4 is 10.9 Å². The molecular weight excluding hydrogens is 263 g/mol. The molecule has 5 heteroatoms. The first-order chi connectivity index (χ1) is 9.89. The maximum absolute atomic E-state index is 6.04. The largest absolute Gasteiger partial charge is 0.514 e. The van der Waals surface area contributed by atoms with Crippen LogP contribution in [0.4, 0.5) is 0 Å². The van der Waals surface area contributed by atoms with Crippen LogP contribution in [0, 0.1) is 0 Å². The smallest absolute Gasteiger partial charge is 0.398 e. The maximum atomic E-state index is 6.04. The molecule has 1 aromatic rings. The number of hydrogen-bond acceptors (Lipinski definition) is 4. The average molecular weight is 288 g/mol. The van der Waals surface area contributed by atoms with Gasteiger partial charge in [0.15, 0.2) is 0 Å². The molecule has 3 rings (SSSR count). The average Bonchev–Trinajstić information content (AvgIpc) is 2.69. The third-order valence-electron chi connectivity index (χ3n) is 5.11. The van der Waals surface area contributed by atoms with E-state index in [1.54, 1.807) is 0 Å². The van der Waals surface area contributed by atoms with Crippen LogP contribution in [0.15, 0.2) is 18.3 Å². The predicted molar refractivity (Wildman–Crippen MR) is 84.8 cm³/mol. The molecule has 2 fully saturated rings. The molecule has 114 valence electrons. The van der Waals surface area contributed by atoms with E-state index in [4.69, 9.17) is 9.31 Å². The van der Waals surface area contributed by atoms with Gasteiger partial charge in [-0.25, -0.2) is 0 Å². The Balaban J connectivity index is 1.73. The molecule has 1 N–H and O–H groups in total. The summed E-state index contributed by atoms with van der Waals surface area (Å²) in [6.07, 6.45) is 4.38. The second kappa shape index (κ2) is 5.38. The number of hydrogen-bond donors (Lipinski definition) is 1. The monoisotopic (exact) mass is 288 g/mol. The molecule has 0 spiro atoms. The minimum Gasteiger partial charge on any atom is -0.398 e. The van der Waals surface area contributed by atoms with Crippen molar-refractivity contribution in [2.24, 2.45) is 0 Å². The van der Waals surface area contributed by atoms with E-state index in [2.05, 4.69) is 50.1 Å². The third-order valence-corrected chi connectivity index (χ3v) is 5.11. The van der Waals surface area contributed by atoms with Gasteiger partial charge in [0.25, 0.3) is 0 Å². The highest BCUT2D eigenvalue weighted by Gasteiger charge is 2.52. The van der Waals surface area contributed by atoms with Crippen molar-refractivity contribution < 1.29 is 9.31 Å². The van der Waals surface area contributed by atoms with Crippen LogP contribution in [0.1, 0.15) is 52.0 Å². The molecule has 2 aliphatic rings. The maximum Gasteiger partial charge on any atom is 0.514 e. The standard InChI is InChI=1S/C16H25BN2O2/c1-15(2)16(3,4)21-17(20-15)14-6-5-13(11-19-14)12-7-9-18-10-8-12/h5-6,11-12,18H,7-10H2,1-4H3. The normalized spacial score (nSPS) is 25.2. The van der Waals surface area contributed by atoms with Crippen LogP contribution in [0.25, 0.3) is 0 Å². The van der Waals surface area contributed by atoms with E-state index in [9.17, 15) is 0 Å². The van der Waals surface area contributed by atoms with Crippen molar-refractivity contribution in [1.82, 2.24) is 10.3 Å². The lowest BCUT2D eigenvalue weighted by atomic mass is 9.83. The van der Waals surface area contributed by atoms with Gasteiger partial charge >= 0.3 is 7.12 Å². The number of aromatic nitrogens is 1. The fourth-order valence-electron chi connectivity index (χ4n) is 2.92. The van der Waals surface area contributed by atoms with Crippen molar-refractivity contribution >= 4 is 12.7 Å². The molecule has 3 heterocycles. The van der Waals surface area contributed by atoms with Crippen LogP contribution in [0.5, 0.6) is 0 Å². The third kappa shape index (κ3) is 2.87. The summed E-state index contributed by atoms with van der Waals surface area (Å²) >= 11 is 0. The van der Waals surface area contributed by atoms with Crippen LogP contribution >= 0.6 is 0 Å². The van der Waals surface area contributed by atoms with Gasteiger partial charge in [0.1, 0.15) is 0 Å². The van der Waals surface area contributed by atoms with Crippen LogP contribution in [-0.2, 0) is 9.31 Å². The molecule has 0 saturated carbocycles. The fourth-order valence-corrected chi connectivity index (χ4v) is 2.92. The van der Waals surface area contributed by atoms with Gasteiger partial charge in [0, 0.05) is 6.20 Å². The van der Waals surface area contributed by atoms with Crippen molar-refractivity contribution in [1.29, 1.82) is 0 Å². The van der Waals surface area contributed by atoms with E-state index >= 15 is 0 Å². The predicted octanol–water partition coefficient (Wildman–Crippen LogP) is 1.85. The van der Waals surface area contributed by atoms with Gasteiger partial charge in [-0.2, -0.15) is 0 Å². The zero-order chi connectivity index (χ0) is 15.1. The molecule has 0 radical (unpaired) electrons. The zero-order valence-corrected chi connectivity index (χ0v) is 13.5. The molecule has 0 bridgehead atoms. The van der Waals surface area contributed by atoms with Crippen molar-refractivity contribution in [3.8, 4) is 0 Å². The molecule has 0 amide bonds. The van der Waals surface area contributed by atoms with E-state index in [1.807, 2.05) is 6.20 Å². The molecule has 0 aliphatic carbocycles. The number of piperidine rings is 1. The molecule has 21 heavy (non-hydrogen) atoms. The van der Waals surface area contributed by atoms with Crippen LogP contribution in [-0.4, -0.2) is 36.4 Å². The van der Waals surface area contributed by atoms with E-state index in [1.165, 1.54) is 18.4 Å². The summed E-state index contributed by atoms with van der Waals surface area (Å²) in [6, 6.07) is 4.24. The Hall–Kier alpha value is -0.905. The second-order valence-electron chi connectivity index (χ2n) is 7.13. The summed E-state index contributed by atoms with van der Waals surface area (Å²) in [5, 5.41) is 3.40. The summed E-state index contributed by atoms with van der Waals surface area (Å²) in [4.78, 5) is 4.60. The van der Waals surface area contributed by atoms with Gasteiger partial charge < -0.3 is 14.6 Å². The summed E-state index contributed by atoms with van der Waals surface area (Å²) < 4.78 is 12.1. The summed E-state index contributed by atoms with van der Waals surface area (Å²) in [6.45, 7) is 10.5. The van der Waals surface area contributed by atoms with Crippen molar-refractivity contribution in [2.75, 3.05) is 13.1 Å². The van der Waals surface area contributed by atoms with Gasteiger partial charge in [0.05, 0.1) is 16.8 Å². The lowest BCUT2D eigenvalue weighted by Crippen LogP contribution is -2.41. The molecule has 4 nitrogen and oxygen atoms in total. The Labute approximate surface area is 127 Å². The number of pyridine rings is 1. The van der Waals surface area contributed by atoms with E-state index in [0.29, 0.717) is 5.92 Å². The number of nitrogens with one attached hydrogen (secondary N) is 1. The first-order valence-corrected chi connectivity index (χ1v) is 7.91. The van der Waals surface area contributed by atoms with Gasteiger partial charge in [-0.05, 0) is 71.2 Å². The Bertz CT molecular complexity index is 480. The summed E-state index contributed by atoms with van der Waals surface area (Å²) in [5.74, 6) is 0.631. The van der Waals surface area contributed by atoms with E-state index in [-0.39, 0.29) is 18.3 Å². The van der Waals surface area contributed by atoms with Crippen LogP contribution in [0.3, 0.4) is 0 Å². The summed E-state index contributed by atoms with van der Waals surface area (Å²) in [5.41, 5.74) is 1.57. The number of nitrogens with zero attached hydrogens (tertiary/aromatic N) is 1. The molecule has 0 unspecified atom stereocenters. The molecule has 0 atom stereocenters.